The summed E-state index contributed by atoms with van der Waals surface area (Å²) >= 11 is 0. The minimum absolute atomic E-state index is 0.0131. The number of benzene rings is 2. The van der Waals surface area contributed by atoms with Gasteiger partial charge in [-0.15, -0.1) is 0 Å². The van der Waals surface area contributed by atoms with Gasteiger partial charge in [0.2, 0.25) is 0 Å². The fraction of sp³-hybridized carbons (Fsp3) is 0.333. The van der Waals surface area contributed by atoms with Crippen LogP contribution in [0.4, 0.5) is 0 Å². The second-order valence-electron chi connectivity index (χ2n) is 5.88. The van der Waals surface area contributed by atoms with E-state index in [9.17, 15) is 9.59 Å². The maximum atomic E-state index is 12.8. The highest BCUT2D eigenvalue weighted by Gasteiger charge is 2.21. The zero-order valence-electron chi connectivity index (χ0n) is 16.5. The van der Waals surface area contributed by atoms with Crippen molar-refractivity contribution in [3.05, 3.63) is 53.6 Å². The van der Waals surface area contributed by atoms with Crippen molar-refractivity contribution in [1.29, 1.82) is 0 Å². The van der Waals surface area contributed by atoms with Crippen molar-refractivity contribution in [3.8, 4) is 17.2 Å². The van der Waals surface area contributed by atoms with Crippen molar-refractivity contribution in [2.75, 3.05) is 27.9 Å². The van der Waals surface area contributed by atoms with E-state index in [1.54, 1.807) is 56.5 Å². The molecule has 2 rings (SSSR count). The first-order valence-electron chi connectivity index (χ1n) is 8.84. The maximum Gasteiger partial charge on any atom is 0.308 e. The molecule has 0 bridgehead atoms. The molecule has 1 amide bonds. The molecule has 1 N–H and O–H groups in total. The van der Waals surface area contributed by atoms with Crippen LogP contribution in [-0.4, -0.2) is 39.8 Å². The van der Waals surface area contributed by atoms with E-state index in [2.05, 4.69) is 5.32 Å². The van der Waals surface area contributed by atoms with Crippen molar-refractivity contribution < 1.29 is 28.5 Å². The standard InChI is InChI=1S/C21H25NO6/c1-5-28-20(23)13-17(14-6-9-16(25-2)10-7-14)22-21(24)15-8-11-18(26-3)19(12-15)27-4/h6-12,17H,5,13H2,1-4H3,(H,22,24)/t17-/m0/s1. The largest absolute Gasteiger partial charge is 0.497 e. The van der Waals surface area contributed by atoms with Crippen molar-refractivity contribution in [3.63, 3.8) is 0 Å². The van der Waals surface area contributed by atoms with Gasteiger partial charge in [-0.25, -0.2) is 0 Å². The molecule has 0 heterocycles. The molecule has 0 aliphatic carbocycles. The molecule has 7 nitrogen and oxygen atoms in total. The third kappa shape index (κ3) is 5.39. The highest BCUT2D eigenvalue weighted by atomic mass is 16.5. The van der Waals surface area contributed by atoms with Crippen LogP contribution in [0.3, 0.4) is 0 Å². The van der Waals surface area contributed by atoms with Gasteiger partial charge in [0.1, 0.15) is 5.75 Å². The van der Waals surface area contributed by atoms with E-state index in [1.807, 2.05) is 0 Å². The summed E-state index contributed by atoms with van der Waals surface area (Å²) in [6, 6.07) is 11.5. The summed E-state index contributed by atoms with van der Waals surface area (Å²) in [4.78, 5) is 24.8. The van der Waals surface area contributed by atoms with Crippen molar-refractivity contribution in [2.45, 2.75) is 19.4 Å². The number of amides is 1. The zero-order valence-corrected chi connectivity index (χ0v) is 16.5. The predicted octanol–water partition coefficient (Wildman–Crippen LogP) is 3.14. The van der Waals surface area contributed by atoms with Gasteiger partial charge in [-0.05, 0) is 42.8 Å². The molecule has 0 radical (unpaired) electrons. The third-order valence-corrected chi connectivity index (χ3v) is 4.15. The summed E-state index contributed by atoms with van der Waals surface area (Å²) < 4.78 is 20.6. The van der Waals surface area contributed by atoms with E-state index >= 15 is 0 Å². The second-order valence-corrected chi connectivity index (χ2v) is 5.88. The van der Waals surface area contributed by atoms with E-state index in [-0.39, 0.29) is 18.9 Å². The van der Waals surface area contributed by atoms with Crippen molar-refractivity contribution in [1.82, 2.24) is 5.32 Å². The Balaban J connectivity index is 2.25. The smallest absolute Gasteiger partial charge is 0.308 e. The molecule has 2 aromatic rings. The van der Waals surface area contributed by atoms with E-state index in [0.29, 0.717) is 22.8 Å². The van der Waals surface area contributed by atoms with Crippen molar-refractivity contribution in [2.24, 2.45) is 0 Å². The lowest BCUT2D eigenvalue weighted by molar-refractivity contribution is -0.143. The monoisotopic (exact) mass is 387 g/mol. The maximum absolute atomic E-state index is 12.8. The molecule has 1 atom stereocenters. The van der Waals surface area contributed by atoms with E-state index < -0.39 is 12.0 Å². The Kier molecular flexibility index (Phi) is 7.68. The fourth-order valence-corrected chi connectivity index (χ4v) is 2.69. The quantitative estimate of drug-likeness (QED) is 0.666. The average Bonchev–Trinajstić information content (AvgIpc) is 2.72. The first-order chi connectivity index (χ1) is 13.5. The van der Waals surface area contributed by atoms with E-state index in [1.165, 1.54) is 14.2 Å². The predicted molar refractivity (Wildman–Crippen MR) is 104 cm³/mol. The van der Waals surface area contributed by atoms with Gasteiger partial charge < -0.3 is 24.3 Å². The molecule has 0 aliphatic heterocycles. The zero-order chi connectivity index (χ0) is 20.5. The van der Waals surface area contributed by atoms with Gasteiger partial charge in [-0.1, -0.05) is 12.1 Å². The van der Waals surface area contributed by atoms with Crippen LogP contribution in [0.25, 0.3) is 0 Å². The lowest BCUT2D eigenvalue weighted by atomic mass is 10.0. The Morgan fingerprint density at radius 2 is 1.61 bits per heavy atom. The summed E-state index contributed by atoms with van der Waals surface area (Å²) in [7, 11) is 4.60. The number of esters is 1. The van der Waals surface area contributed by atoms with Gasteiger partial charge in [0.25, 0.3) is 5.91 Å². The highest BCUT2D eigenvalue weighted by molar-refractivity contribution is 5.95. The van der Waals surface area contributed by atoms with Gasteiger partial charge in [0.05, 0.1) is 40.4 Å². The Morgan fingerprint density at radius 1 is 0.929 bits per heavy atom. The van der Waals surface area contributed by atoms with Crippen LogP contribution in [0.15, 0.2) is 42.5 Å². The van der Waals surface area contributed by atoms with Crippen molar-refractivity contribution >= 4 is 11.9 Å². The topological polar surface area (TPSA) is 83.1 Å². The molecule has 28 heavy (non-hydrogen) atoms. The van der Waals surface area contributed by atoms with Gasteiger partial charge >= 0.3 is 5.97 Å². The number of methoxy groups -OCH3 is 3. The summed E-state index contributed by atoms with van der Waals surface area (Å²) in [5.41, 5.74) is 1.16. The summed E-state index contributed by atoms with van der Waals surface area (Å²) in [6.07, 6.45) is 0.0131. The number of carbonyl (C=O) groups excluding carboxylic acids is 2. The molecule has 0 saturated heterocycles. The number of nitrogens with one attached hydrogen (secondary N) is 1. The SMILES string of the molecule is CCOC(=O)C[C@H](NC(=O)c1ccc(OC)c(OC)c1)c1ccc(OC)cc1. The Bertz CT molecular complexity index is 803. The number of rotatable bonds is 9. The van der Waals surface area contributed by atoms with Crippen LogP contribution >= 0.6 is 0 Å². The highest BCUT2D eigenvalue weighted by Crippen LogP contribution is 2.28. The van der Waals surface area contributed by atoms with Crippen LogP contribution in [0.1, 0.15) is 35.3 Å². The fourth-order valence-electron chi connectivity index (χ4n) is 2.69. The second kappa shape index (κ2) is 10.2. The number of carbonyl (C=O) groups is 2. The molecule has 150 valence electrons. The summed E-state index contributed by atoms with van der Waals surface area (Å²) in [5.74, 6) is 0.922. The lowest BCUT2D eigenvalue weighted by Gasteiger charge is -2.19. The normalized spacial score (nSPS) is 11.3. The molecule has 0 spiro atoms. The van der Waals surface area contributed by atoms with Crippen LogP contribution in [0.2, 0.25) is 0 Å². The van der Waals surface area contributed by atoms with Crippen LogP contribution in [0.5, 0.6) is 17.2 Å². The minimum atomic E-state index is -0.550. The van der Waals surface area contributed by atoms with Crippen LogP contribution in [-0.2, 0) is 9.53 Å². The van der Waals surface area contributed by atoms with E-state index in [0.717, 1.165) is 5.56 Å². The molecule has 0 aromatic heterocycles. The Hall–Kier alpha value is -3.22. The van der Waals surface area contributed by atoms with E-state index in [4.69, 9.17) is 18.9 Å². The molecule has 0 fully saturated rings. The van der Waals surface area contributed by atoms with Gasteiger partial charge in [-0.2, -0.15) is 0 Å². The molecule has 0 unspecified atom stereocenters. The first-order valence-corrected chi connectivity index (χ1v) is 8.84. The molecule has 0 aliphatic rings. The van der Waals surface area contributed by atoms with Crippen LogP contribution in [0, 0.1) is 0 Å². The van der Waals surface area contributed by atoms with Gasteiger partial charge in [0, 0.05) is 5.56 Å². The first kappa shape index (κ1) is 21.1. The van der Waals surface area contributed by atoms with Gasteiger partial charge in [0.15, 0.2) is 11.5 Å². The Morgan fingerprint density at radius 3 is 2.18 bits per heavy atom. The third-order valence-electron chi connectivity index (χ3n) is 4.15. The van der Waals surface area contributed by atoms with Gasteiger partial charge in [-0.3, -0.25) is 9.59 Å². The molecular weight excluding hydrogens is 362 g/mol. The summed E-state index contributed by atoms with van der Waals surface area (Å²) in [6.45, 7) is 2.01. The number of ether oxygens (including phenoxy) is 4. The molecule has 7 heteroatoms. The molecule has 2 aromatic carbocycles. The minimum Gasteiger partial charge on any atom is -0.497 e. The average molecular weight is 387 g/mol. The molecular formula is C21H25NO6. The summed E-state index contributed by atoms with van der Waals surface area (Å²) in [5, 5.41) is 2.89. The molecule has 0 saturated carbocycles. The number of hydrogen-bond donors (Lipinski definition) is 1. The van der Waals surface area contributed by atoms with Crippen LogP contribution < -0.4 is 19.5 Å². The Labute approximate surface area is 164 Å². The lowest BCUT2D eigenvalue weighted by Crippen LogP contribution is -2.30. The number of hydrogen-bond acceptors (Lipinski definition) is 6.